The third-order valence-electron chi connectivity index (χ3n) is 5.22. The van der Waals surface area contributed by atoms with Crippen LogP contribution in [0.15, 0.2) is 53.1 Å². The predicted molar refractivity (Wildman–Crippen MR) is 123 cm³/mol. The van der Waals surface area contributed by atoms with E-state index in [-0.39, 0.29) is 17.7 Å². The Balaban J connectivity index is 1.45. The molecule has 2 aromatic carbocycles. The van der Waals surface area contributed by atoms with Crippen LogP contribution in [0.2, 0.25) is 0 Å². The number of nitrogens with zero attached hydrogens (tertiary/aromatic N) is 2. The Hall–Kier alpha value is -3.74. The van der Waals surface area contributed by atoms with Crippen molar-refractivity contribution in [2.75, 3.05) is 5.32 Å². The molecule has 7 heteroatoms. The minimum Gasteiger partial charge on any atom is -0.349 e. The molecule has 32 heavy (non-hydrogen) atoms. The van der Waals surface area contributed by atoms with Crippen LogP contribution in [0.25, 0.3) is 17.5 Å². The molecule has 3 aromatic rings. The molecule has 1 aliphatic carbocycles. The van der Waals surface area contributed by atoms with Crippen molar-refractivity contribution in [2.24, 2.45) is 0 Å². The summed E-state index contributed by atoms with van der Waals surface area (Å²) in [6.07, 6.45) is 5.27. The van der Waals surface area contributed by atoms with E-state index >= 15 is 0 Å². The molecule has 0 atom stereocenters. The molecule has 2 N–H and O–H groups in total. The highest BCUT2D eigenvalue weighted by molar-refractivity contribution is 6.04. The third kappa shape index (κ3) is 5.11. The minimum atomic E-state index is -0.278. The lowest BCUT2D eigenvalue weighted by molar-refractivity contribution is -0.111. The summed E-state index contributed by atoms with van der Waals surface area (Å²) >= 11 is 0. The minimum absolute atomic E-state index is 0.0606. The van der Waals surface area contributed by atoms with E-state index in [9.17, 15) is 9.59 Å². The highest BCUT2D eigenvalue weighted by Crippen LogP contribution is 2.30. The Bertz CT molecular complexity index is 1160. The Kier molecular flexibility index (Phi) is 6.16. The van der Waals surface area contributed by atoms with Crippen molar-refractivity contribution in [1.29, 1.82) is 0 Å². The summed E-state index contributed by atoms with van der Waals surface area (Å²) in [5, 5.41) is 9.90. The molecule has 0 aliphatic heterocycles. The van der Waals surface area contributed by atoms with Crippen molar-refractivity contribution in [3.63, 3.8) is 0 Å². The fourth-order valence-electron chi connectivity index (χ4n) is 3.17. The summed E-state index contributed by atoms with van der Waals surface area (Å²) in [5.74, 6) is 0.795. The normalized spacial score (nSPS) is 13.5. The van der Waals surface area contributed by atoms with E-state index in [4.69, 9.17) is 4.52 Å². The maximum absolute atomic E-state index is 12.6. The number of nitrogens with one attached hydrogen (secondary N) is 2. The van der Waals surface area contributed by atoms with Crippen LogP contribution in [0, 0.1) is 6.92 Å². The third-order valence-corrected chi connectivity index (χ3v) is 5.22. The molecular formula is C25H26N4O3. The summed E-state index contributed by atoms with van der Waals surface area (Å²) < 4.78 is 5.41. The number of hydrogen-bond donors (Lipinski definition) is 2. The number of hydrogen-bond acceptors (Lipinski definition) is 5. The second-order valence-corrected chi connectivity index (χ2v) is 8.30. The van der Waals surface area contributed by atoms with Crippen molar-refractivity contribution in [3.05, 3.63) is 71.1 Å². The molecule has 0 unspecified atom stereocenters. The van der Waals surface area contributed by atoms with E-state index < -0.39 is 0 Å². The second kappa shape index (κ2) is 9.18. The lowest BCUT2D eigenvalue weighted by atomic mass is 10.1. The number of aromatic nitrogens is 2. The first-order chi connectivity index (χ1) is 15.4. The Morgan fingerprint density at radius 2 is 1.88 bits per heavy atom. The molecule has 164 valence electrons. The Labute approximate surface area is 186 Å². The maximum Gasteiger partial charge on any atom is 0.260 e. The van der Waals surface area contributed by atoms with Gasteiger partial charge < -0.3 is 15.2 Å². The van der Waals surface area contributed by atoms with Crippen molar-refractivity contribution >= 4 is 23.6 Å². The number of para-hydroxylation sites is 1. The van der Waals surface area contributed by atoms with Gasteiger partial charge in [0.25, 0.3) is 11.8 Å². The molecular weight excluding hydrogens is 404 g/mol. The first-order valence-corrected chi connectivity index (χ1v) is 10.7. The van der Waals surface area contributed by atoms with Gasteiger partial charge in [0.05, 0.1) is 11.3 Å². The summed E-state index contributed by atoms with van der Waals surface area (Å²) in [4.78, 5) is 29.1. The highest BCUT2D eigenvalue weighted by Gasteiger charge is 2.23. The first kappa shape index (κ1) is 21.5. The summed E-state index contributed by atoms with van der Waals surface area (Å²) in [6, 6.07) is 13.1. The van der Waals surface area contributed by atoms with E-state index in [1.807, 2.05) is 51.1 Å². The van der Waals surface area contributed by atoms with Crippen LogP contribution in [0.3, 0.4) is 0 Å². The number of amides is 2. The van der Waals surface area contributed by atoms with Crippen LogP contribution in [0.4, 0.5) is 5.69 Å². The number of carbonyl (C=O) groups is 2. The molecule has 0 saturated heterocycles. The van der Waals surface area contributed by atoms with Gasteiger partial charge in [0, 0.05) is 23.6 Å². The second-order valence-electron chi connectivity index (χ2n) is 8.30. The number of rotatable bonds is 7. The van der Waals surface area contributed by atoms with Crippen LogP contribution >= 0.6 is 0 Å². The lowest BCUT2D eigenvalue weighted by Crippen LogP contribution is -2.25. The van der Waals surface area contributed by atoms with Crippen LogP contribution in [-0.4, -0.2) is 28.0 Å². The highest BCUT2D eigenvalue weighted by atomic mass is 16.5. The molecule has 0 radical (unpaired) electrons. The van der Waals surface area contributed by atoms with E-state index in [0.29, 0.717) is 34.6 Å². The molecule has 0 spiro atoms. The smallest absolute Gasteiger partial charge is 0.260 e. The lowest BCUT2D eigenvalue weighted by Gasteiger charge is -2.10. The van der Waals surface area contributed by atoms with Gasteiger partial charge in [0.1, 0.15) is 0 Å². The van der Waals surface area contributed by atoms with E-state index in [2.05, 4.69) is 20.8 Å². The number of aryl methyl sites for hydroxylation is 1. The molecule has 7 nitrogen and oxygen atoms in total. The maximum atomic E-state index is 12.6. The zero-order valence-corrected chi connectivity index (χ0v) is 18.4. The Morgan fingerprint density at radius 1 is 1.12 bits per heavy atom. The van der Waals surface area contributed by atoms with Gasteiger partial charge >= 0.3 is 0 Å². The number of benzene rings is 2. The quantitative estimate of drug-likeness (QED) is 0.529. The van der Waals surface area contributed by atoms with Crippen LogP contribution in [0.1, 0.15) is 59.9 Å². The number of anilines is 1. The van der Waals surface area contributed by atoms with Crippen molar-refractivity contribution in [2.45, 2.75) is 45.6 Å². The molecule has 4 rings (SSSR count). The largest absolute Gasteiger partial charge is 0.349 e. The SMILES string of the molecule is Cc1cccc(-c2nc(C(C)C)no2)c1NC(=O)/C=C/c1ccc(C(=O)NC2CC2)cc1. The Morgan fingerprint density at radius 3 is 2.53 bits per heavy atom. The van der Waals surface area contributed by atoms with Crippen molar-refractivity contribution in [3.8, 4) is 11.5 Å². The van der Waals surface area contributed by atoms with Gasteiger partial charge in [-0.1, -0.05) is 43.3 Å². The first-order valence-electron chi connectivity index (χ1n) is 10.7. The van der Waals surface area contributed by atoms with Crippen molar-refractivity contribution in [1.82, 2.24) is 15.5 Å². The van der Waals surface area contributed by atoms with Gasteiger partial charge in [-0.15, -0.1) is 0 Å². The molecule has 1 fully saturated rings. The van der Waals surface area contributed by atoms with Gasteiger partial charge in [-0.3, -0.25) is 9.59 Å². The fourth-order valence-corrected chi connectivity index (χ4v) is 3.17. The summed E-state index contributed by atoms with van der Waals surface area (Å²) in [6.45, 7) is 5.89. The van der Waals surface area contributed by atoms with Crippen LogP contribution in [-0.2, 0) is 4.79 Å². The van der Waals surface area contributed by atoms with E-state index in [1.54, 1.807) is 18.2 Å². The van der Waals surface area contributed by atoms with Gasteiger partial charge in [0.2, 0.25) is 5.91 Å². The van der Waals surface area contributed by atoms with Crippen LogP contribution < -0.4 is 10.6 Å². The molecule has 1 heterocycles. The molecule has 1 saturated carbocycles. The van der Waals surface area contributed by atoms with E-state index in [1.165, 1.54) is 6.08 Å². The van der Waals surface area contributed by atoms with Crippen molar-refractivity contribution < 1.29 is 14.1 Å². The average Bonchev–Trinajstić information content (AvgIpc) is 3.45. The van der Waals surface area contributed by atoms with E-state index in [0.717, 1.165) is 24.0 Å². The summed E-state index contributed by atoms with van der Waals surface area (Å²) in [7, 11) is 0. The van der Waals surface area contributed by atoms with Gasteiger partial charge in [-0.2, -0.15) is 4.98 Å². The predicted octanol–water partition coefficient (Wildman–Crippen LogP) is 4.71. The molecule has 0 bridgehead atoms. The monoisotopic (exact) mass is 430 g/mol. The fraction of sp³-hybridized carbons (Fsp3) is 0.280. The zero-order chi connectivity index (χ0) is 22.7. The standard InChI is InChI=1S/C25H26N4O3/c1-15(2)23-28-25(32-29-23)20-6-4-5-16(3)22(20)27-21(30)14-9-17-7-10-18(11-8-17)24(31)26-19-12-13-19/h4-11,14-15,19H,12-13H2,1-3H3,(H,26,31)(H,27,30)/b14-9+. The number of carbonyl (C=O) groups excluding carboxylic acids is 2. The topological polar surface area (TPSA) is 97.1 Å². The van der Waals surface area contributed by atoms with Gasteiger partial charge in [-0.25, -0.2) is 0 Å². The van der Waals surface area contributed by atoms with Gasteiger partial charge in [0.15, 0.2) is 5.82 Å². The zero-order valence-electron chi connectivity index (χ0n) is 18.4. The summed E-state index contributed by atoms with van der Waals surface area (Å²) in [5.41, 5.74) is 3.64. The van der Waals surface area contributed by atoms with Crippen LogP contribution in [0.5, 0.6) is 0 Å². The van der Waals surface area contributed by atoms with Gasteiger partial charge in [-0.05, 0) is 55.2 Å². The molecule has 1 aliphatic rings. The average molecular weight is 431 g/mol. The molecule has 1 aromatic heterocycles. The molecule has 2 amide bonds.